The molecule has 1 unspecified atom stereocenters. The van der Waals surface area contributed by atoms with E-state index in [4.69, 9.17) is 9.51 Å². The van der Waals surface area contributed by atoms with E-state index in [2.05, 4.69) is 17.1 Å². The van der Waals surface area contributed by atoms with Gasteiger partial charge in [-0.3, -0.25) is 9.69 Å². The third-order valence-electron chi connectivity index (χ3n) is 7.09. The van der Waals surface area contributed by atoms with Crippen LogP contribution in [0.1, 0.15) is 72.6 Å². The normalized spacial score (nSPS) is 25.2. The van der Waals surface area contributed by atoms with Crippen LogP contribution in [0.25, 0.3) is 0 Å². The molecule has 1 amide bonds. The molecule has 1 aromatic carbocycles. The molecule has 2 saturated heterocycles. The Morgan fingerprint density at radius 2 is 1.93 bits per heavy atom. The lowest BCUT2D eigenvalue weighted by Crippen LogP contribution is -2.44. The summed E-state index contributed by atoms with van der Waals surface area (Å²) in [6, 6.07) is 9.85. The third kappa shape index (κ3) is 3.13. The van der Waals surface area contributed by atoms with Crippen molar-refractivity contribution < 1.29 is 9.32 Å². The van der Waals surface area contributed by atoms with E-state index in [1.165, 1.54) is 19.3 Å². The van der Waals surface area contributed by atoms with Crippen molar-refractivity contribution in [2.24, 2.45) is 5.41 Å². The van der Waals surface area contributed by atoms with Gasteiger partial charge in [0.2, 0.25) is 5.89 Å². The highest BCUT2D eigenvalue weighted by Crippen LogP contribution is 2.48. The average Bonchev–Trinajstić information content (AvgIpc) is 3.26. The van der Waals surface area contributed by atoms with Crippen molar-refractivity contribution in [1.29, 1.82) is 0 Å². The smallest absolute Gasteiger partial charge is 0.253 e. The van der Waals surface area contributed by atoms with Crippen molar-refractivity contribution in [3.8, 4) is 0 Å². The second kappa shape index (κ2) is 6.99. The molecule has 3 aliphatic rings. The molecule has 0 bridgehead atoms. The molecule has 0 N–H and O–H groups in total. The van der Waals surface area contributed by atoms with Crippen molar-refractivity contribution in [3.05, 3.63) is 47.6 Å². The zero-order valence-corrected chi connectivity index (χ0v) is 16.5. The molecule has 1 saturated carbocycles. The van der Waals surface area contributed by atoms with Gasteiger partial charge in [0.05, 0.1) is 6.04 Å². The second-order valence-electron chi connectivity index (χ2n) is 8.91. The first-order chi connectivity index (χ1) is 13.6. The maximum absolute atomic E-state index is 12.7. The fourth-order valence-corrected chi connectivity index (χ4v) is 5.07. The topological polar surface area (TPSA) is 62.5 Å². The Morgan fingerprint density at radius 1 is 1.18 bits per heavy atom. The average molecular weight is 380 g/mol. The second-order valence-corrected chi connectivity index (χ2v) is 8.91. The highest BCUT2D eigenvalue weighted by Gasteiger charge is 2.46. The number of aromatic nitrogens is 2. The first-order valence-electron chi connectivity index (χ1n) is 10.5. The summed E-state index contributed by atoms with van der Waals surface area (Å²) in [4.78, 5) is 21.9. The number of hydrogen-bond acceptors (Lipinski definition) is 5. The zero-order chi connectivity index (χ0) is 19.1. The number of piperidine rings is 1. The van der Waals surface area contributed by atoms with Gasteiger partial charge in [-0.2, -0.15) is 4.98 Å². The van der Waals surface area contributed by atoms with Crippen LogP contribution in [-0.4, -0.2) is 52.5 Å². The molecule has 6 nitrogen and oxygen atoms in total. The fourth-order valence-electron chi connectivity index (χ4n) is 5.07. The van der Waals surface area contributed by atoms with Crippen LogP contribution in [0.4, 0.5) is 0 Å². The Labute approximate surface area is 165 Å². The molecule has 0 radical (unpaired) electrons. The number of benzene rings is 1. The quantitative estimate of drug-likeness (QED) is 0.814. The largest absolute Gasteiger partial charge is 0.339 e. The van der Waals surface area contributed by atoms with Crippen molar-refractivity contribution in [3.63, 3.8) is 0 Å². The van der Waals surface area contributed by atoms with Crippen LogP contribution < -0.4 is 0 Å². The summed E-state index contributed by atoms with van der Waals surface area (Å²) in [5.41, 5.74) is 1.04. The molecular formula is C22H28N4O2. The summed E-state index contributed by atoms with van der Waals surface area (Å²) in [7, 11) is 2.17. The lowest BCUT2D eigenvalue weighted by atomic mass is 9.76. The highest BCUT2D eigenvalue weighted by molar-refractivity contribution is 5.94. The van der Waals surface area contributed by atoms with Crippen LogP contribution >= 0.6 is 0 Å². The maximum Gasteiger partial charge on any atom is 0.253 e. The van der Waals surface area contributed by atoms with Crippen LogP contribution in [0.5, 0.6) is 0 Å². The summed E-state index contributed by atoms with van der Waals surface area (Å²) in [6.45, 7) is 2.69. The molecule has 6 heteroatoms. The van der Waals surface area contributed by atoms with E-state index in [0.29, 0.717) is 5.92 Å². The predicted molar refractivity (Wildman–Crippen MR) is 105 cm³/mol. The van der Waals surface area contributed by atoms with Gasteiger partial charge in [-0.05, 0) is 56.7 Å². The van der Waals surface area contributed by atoms with Crippen molar-refractivity contribution in [1.82, 2.24) is 19.9 Å². The van der Waals surface area contributed by atoms with E-state index in [-0.39, 0.29) is 17.4 Å². The van der Waals surface area contributed by atoms with E-state index in [1.807, 2.05) is 35.2 Å². The monoisotopic (exact) mass is 380 g/mol. The van der Waals surface area contributed by atoms with Crippen LogP contribution in [-0.2, 0) is 0 Å². The molecule has 1 aromatic heterocycles. The third-order valence-corrected chi connectivity index (χ3v) is 7.09. The van der Waals surface area contributed by atoms with E-state index in [9.17, 15) is 4.79 Å². The Kier molecular flexibility index (Phi) is 4.46. The van der Waals surface area contributed by atoms with Crippen LogP contribution in [0.15, 0.2) is 34.9 Å². The Balaban J connectivity index is 1.24. The lowest BCUT2D eigenvalue weighted by Gasteiger charge is -2.39. The molecule has 28 heavy (non-hydrogen) atoms. The Bertz CT molecular complexity index is 837. The number of carbonyl (C=O) groups is 1. The van der Waals surface area contributed by atoms with Gasteiger partial charge in [-0.15, -0.1) is 0 Å². The molecule has 1 aliphatic carbocycles. The van der Waals surface area contributed by atoms with Gasteiger partial charge < -0.3 is 9.42 Å². The van der Waals surface area contributed by atoms with Crippen molar-refractivity contribution in [2.45, 2.75) is 50.5 Å². The SMILES string of the molecule is CN1CC2(CCN(C(=O)c3ccccc3)CC2)CC1c1noc(C2CCC2)n1. The molecular weight excluding hydrogens is 352 g/mol. The Hall–Kier alpha value is -2.21. The fraction of sp³-hybridized carbons (Fsp3) is 0.591. The molecule has 2 aliphatic heterocycles. The minimum Gasteiger partial charge on any atom is -0.339 e. The van der Waals surface area contributed by atoms with E-state index >= 15 is 0 Å². The standard InChI is InChI=1S/C22H28N4O2/c1-25-15-22(14-18(25)19-23-20(28-24-19)16-8-5-9-16)10-12-26(13-11-22)21(27)17-6-3-2-4-7-17/h2-4,6-7,16,18H,5,8-15H2,1H3. The minimum atomic E-state index is 0.154. The van der Waals surface area contributed by atoms with Gasteiger partial charge in [0, 0.05) is 31.1 Å². The number of hydrogen-bond donors (Lipinski definition) is 0. The highest BCUT2D eigenvalue weighted by atomic mass is 16.5. The maximum atomic E-state index is 12.7. The van der Waals surface area contributed by atoms with Crippen LogP contribution in [0.2, 0.25) is 0 Å². The molecule has 5 rings (SSSR count). The summed E-state index contributed by atoms with van der Waals surface area (Å²) in [6.07, 6.45) is 6.77. The van der Waals surface area contributed by atoms with E-state index < -0.39 is 0 Å². The summed E-state index contributed by atoms with van der Waals surface area (Å²) < 4.78 is 5.56. The predicted octanol–water partition coefficient (Wildman–Crippen LogP) is 3.64. The minimum absolute atomic E-state index is 0.154. The molecule has 3 heterocycles. The molecule has 2 aromatic rings. The van der Waals surface area contributed by atoms with Crippen molar-refractivity contribution >= 4 is 5.91 Å². The van der Waals surface area contributed by atoms with Crippen molar-refractivity contribution in [2.75, 3.05) is 26.7 Å². The van der Waals surface area contributed by atoms with Gasteiger partial charge in [0.1, 0.15) is 0 Å². The first kappa shape index (κ1) is 17.9. The van der Waals surface area contributed by atoms with Gasteiger partial charge in [-0.25, -0.2) is 0 Å². The van der Waals surface area contributed by atoms with Crippen LogP contribution in [0, 0.1) is 5.41 Å². The summed E-state index contributed by atoms with van der Waals surface area (Å²) >= 11 is 0. The number of likely N-dealkylation sites (tertiary alicyclic amines) is 2. The number of nitrogens with zero attached hydrogens (tertiary/aromatic N) is 4. The zero-order valence-electron chi connectivity index (χ0n) is 16.5. The summed E-state index contributed by atoms with van der Waals surface area (Å²) in [5.74, 6) is 2.32. The number of amides is 1. The lowest BCUT2D eigenvalue weighted by molar-refractivity contribution is 0.0593. The van der Waals surface area contributed by atoms with Gasteiger partial charge in [0.25, 0.3) is 5.91 Å². The van der Waals surface area contributed by atoms with Gasteiger partial charge in [-0.1, -0.05) is 29.8 Å². The van der Waals surface area contributed by atoms with E-state index in [1.54, 1.807) is 0 Å². The molecule has 1 spiro atoms. The van der Waals surface area contributed by atoms with Gasteiger partial charge >= 0.3 is 0 Å². The van der Waals surface area contributed by atoms with Crippen LogP contribution in [0.3, 0.4) is 0 Å². The molecule has 3 fully saturated rings. The molecule has 1 atom stereocenters. The number of rotatable bonds is 3. The number of carbonyl (C=O) groups excluding carboxylic acids is 1. The molecule has 148 valence electrons. The van der Waals surface area contributed by atoms with E-state index in [0.717, 1.165) is 56.2 Å². The summed E-state index contributed by atoms with van der Waals surface area (Å²) in [5, 5.41) is 4.32. The first-order valence-corrected chi connectivity index (χ1v) is 10.5. The van der Waals surface area contributed by atoms with Gasteiger partial charge in [0.15, 0.2) is 5.82 Å². The Morgan fingerprint density at radius 3 is 2.61 bits per heavy atom.